The highest BCUT2D eigenvalue weighted by molar-refractivity contribution is 7.99. The Kier molecular flexibility index (Phi) is 4.67. The monoisotopic (exact) mass is 271 g/mol. The van der Waals surface area contributed by atoms with E-state index in [0.29, 0.717) is 0 Å². The minimum atomic E-state index is 0.0875. The molecule has 1 nitrogen and oxygen atoms in total. The number of hydrogen-bond acceptors (Lipinski definition) is 2. The highest BCUT2D eigenvalue weighted by Gasteiger charge is 2.11. The Balaban J connectivity index is 2.08. The molecule has 0 aliphatic rings. The Morgan fingerprint density at radius 3 is 2.37 bits per heavy atom. The van der Waals surface area contributed by atoms with E-state index < -0.39 is 0 Å². The van der Waals surface area contributed by atoms with Crippen molar-refractivity contribution >= 4 is 11.8 Å². The predicted molar refractivity (Wildman–Crippen MR) is 84.7 cm³/mol. The summed E-state index contributed by atoms with van der Waals surface area (Å²) in [6, 6.07) is 14.9. The van der Waals surface area contributed by atoms with Gasteiger partial charge in [0.1, 0.15) is 0 Å². The van der Waals surface area contributed by atoms with Crippen LogP contribution < -0.4 is 5.73 Å². The molecule has 2 aromatic rings. The minimum Gasteiger partial charge on any atom is -0.323 e. The molecule has 0 aliphatic carbocycles. The zero-order valence-corrected chi connectivity index (χ0v) is 12.6. The molecule has 0 amide bonds. The molecule has 0 spiro atoms. The fourth-order valence-electron chi connectivity index (χ4n) is 2.16. The average molecular weight is 271 g/mol. The van der Waals surface area contributed by atoms with E-state index in [4.69, 9.17) is 5.73 Å². The lowest BCUT2D eigenvalue weighted by Crippen LogP contribution is -2.14. The molecule has 19 heavy (non-hydrogen) atoms. The Hall–Kier alpha value is -1.25. The van der Waals surface area contributed by atoms with Crippen molar-refractivity contribution < 1.29 is 0 Å². The van der Waals surface area contributed by atoms with E-state index in [2.05, 4.69) is 63.2 Å². The van der Waals surface area contributed by atoms with Crippen molar-refractivity contribution in [2.24, 2.45) is 5.73 Å². The van der Waals surface area contributed by atoms with Crippen LogP contribution in [-0.2, 0) is 0 Å². The third-order valence-electron chi connectivity index (χ3n) is 3.56. The smallest absolute Gasteiger partial charge is 0.0393 e. The number of nitrogens with two attached hydrogens (primary N) is 1. The first-order valence-electron chi connectivity index (χ1n) is 6.59. The van der Waals surface area contributed by atoms with E-state index >= 15 is 0 Å². The summed E-state index contributed by atoms with van der Waals surface area (Å²) in [4.78, 5) is 1.32. The Morgan fingerprint density at radius 1 is 0.947 bits per heavy atom. The Morgan fingerprint density at radius 2 is 1.63 bits per heavy atom. The van der Waals surface area contributed by atoms with Crippen LogP contribution in [0, 0.1) is 20.8 Å². The number of hydrogen-bond donors (Lipinski definition) is 1. The molecule has 0 radical (unpaired) electrons. The molecule has 1 unspecified atom stereocenters. The molecule has 0 aromatic heterocycles. The van der Waals surface area contributed by atoms with Crippen molar-refractivity contribution in [1.82, 2.24) is 0 Å². The summed E-state index contributed by atoms with van der Waals surface area (Å²) in [7, 11) is 0. The summed E-state index contributed by atoms with van der Waals surface area (Å²) < 4.78 is 0. The van der Waals surface area contributed by atoms with E-state index in [-0.39, 0.29) is 6.04 Å². The quantitative estimate of drug-likeness (QED) is 0.834. The van der Waals surface area contributed by atoms with E-state index in [1.165, 1.54) is 27.1 Å². The summed E-state index contributed by atoms with van der Waals surface area (Å²) in [5.41, 5.74) is 11.6. The van der Waals surface area contributed by atoms with Gasteiger partial charge in [0.05, 0.1) is 0 Å². The maximum Gasteiger partial charge on any atom is 0.0393 e. The van der Waals surface area contributed by atoms with Gasteiger partial charge in [-0.05, 0) is 49.1 Å². The number of benzene rings is 2. The van der Waals surface area contributed by atoms with Gasteiger partial charge in [-0.2, -0.15) is 0 Å². The topological polar surface area (TPSA) is 26.0 Å². The second kappa shape index (κ2) is 6.27. The zero-order chi connectivity index (χ0) is 13.8. The first-order chi connectivity index (χ1) is 9.09. The summed E-state index contributed by atoms with van der Waals surface area (Å²) in [5.74, 6) is 0.912. The van der Waals surface area contributed by atoms with Crippen molar-refractivity contribution in [3.8, 4) is 0 Å². The standard InChI is InChI=1S/C17H21NS/c1-12-8-6-9-15(14(12)3)16(18)11-19-17-10-5-4-7-13(17)2/h4-10,16H,11,18H2,1-3H3. The number of aryl methyl sites for hydroxylation is 2. The summed E-state index contributed by atoms with van der Waals surface area (Å²) in [5, 5.41) is 0. The van der Waals surface area contributed by atoms with Crippen LogP contribution in [0.2, 0.25) is 0 Å². The van der Waals surface area contributed by atoms with Gasteiger partial charge in [-0.25, -0.2) is 0 Å². The first kappa shape index (κ1) is 14.2. The Labute approximate surface area is 120 Å². The molecule has 2 N–H and O–H groups in total. The summed E-state index contributed by atoms with van der Waals surface area (Å²) in [6.07, 6.45) is 0. The lowest BCUT2D eigenvalue weighted by atomic mass is 9.99. The molecule has 0 bridgehead atoms. The molecule has 0 aliphatic heterocycles. The molecule has 0 saturated carbocycles. The van der Waals surface area contributed by atoms with Gasteiger partial charge in [-0.3, -0.25) is 0 Å². The molecule has 2 aromatic carbocycles. The average Bonchev–Trinajstić information content (AvgIpc) is 2.40. The highest BCUT2D eigenvalue weighted by atomic mass is 32.2. The van der Waals surface area contributed by atoms with Gasteiger partial charge < -0.3 is 5.73 Å². The van der Waals surface area contributed by atoms with Gasteiger partial charge in [0, 0.05) is 16.7 Å². The van der Waals surface area contributed by atoms with Gasteiger partial charge in [-0.1, -0.05) is 36.4 Å². The van der Waals surface area contributed by atoms with Crippen LogP contribution in [0.5, 0.6) is 0 Å². The zero-order valence-electron chi connectivity index (χ0n) is 11.8. The van der Waals surface area contributed by atoms with Crippen LogP contribution >= 0.6 is 11.8 Å². The normalized spacial score (nSPS) is 12.4. The van der Waals surface area contributed by atoms with Crippen molar-refractivity contribution in [2.45, 2.75) is 31.7 Å². The van der Waals surface area contributed by atoms with Crippen LogP contribution in [0.25, 0.3) is 0 Å². The van der Waals surface area contributed by atoms with Crippen LogP contribution in [0.4, 0.5) is 0 Å². The largest absolute Gasteiger partial charge is 0.323 e. The van der Waals surface area contributed by atoms with E-state index in [1.807, 2.05) is 11.8 Å². The molecular weight excluding hydrogens is 250 g/mol. The third-order valence-corrected chi connectivity index (χ3v) is 4.85. The van der Waals surface area contributed by atoms with E-state index in [0.717, 1.165) is 5.75 Å². The molecule has 1 atom stereocenters. The first-order valence-corrected chi connectivity index (χ1v) is 7.58. The maximum atomic E-state index is 6.34. The van der Waals surface area contributed by atoms with Gasteiger partial charge in [0.25, 0.3) is 0 Å². The van der Waals surface area contributed by atoms with Gasteiger partial charge in [0.2, 0.25) is 0 Å². The predicted octanol–water partition coefficient (Wildman–Crippen LogP) is 4.40. The van der Waals surface area contributed by atoms with Gasteiger partial charge in [-0.15, -0.1) is 11.8 Å². The second-order valence-corrected chi connectivity index (χ2v) is 6.03. The lowest BCUT2D eigenvalue weighted by molar-refractivity contribution is 0.820. The van der Waals surface area contributed by atoms with Crippen LogP contribution in [0.3, 0.4) is 0 Å². The maximum absolute atomic E-state index is 6.34. The second-order valence-electron chi connectivity index (χ2n) is 4.97. The van der Waals surface area contributed by atoms with Gasteiger partial charge >= 0.3 is 0 Å². The molecule has 2 heteroatoms. The van der Waals surface area contributed by atoms with Crippen molar-refractivity contribution in [3.63, 3.8) is 0 Å². The summed E-state index contributed by atoms with van der Waals surface area (Å²) in [6.45, 7) is 6.44. The van der Waals surface area contributed by atoms with Crippen LogP contribution in [-0.4, -0.2) is 5.75 Å². The van der Waals surface area contributed by atoms with E-state index in [1.54, 1.807) is 0 Å². The molecule has 100 valence electrons. The number of thioether (sulfide) groups is 1. The van der Waals surface area contributed by atoms with Crippen molar-refractivity contribution in [3.05, 3.63) is 64.7 Å². The van der Waals surface area contributed by atoms with Crippen molar-refractivity contribution in [1.29, 1.82) is 0 Å². The molecule has 2 rings (SSSR count). The minimum absolute atomic E-state index is 0.0875. The fraction of sp³-hybridized carbons (Fsp3) is 0.294. The number of rotatable bonds is 4. The van der Waals surface area contributed by atoms with E-state index in [9.17, 15) is 0 Å². The summed E-state index contributed by atoms with van der Waals surface area (Å²) >= 11 is 1.84. The highest BCUT2D eigenvalue weighted by Crippen LogP contribution is 2.27. The van der Waals surface area contributed by atoms with Gasteiger partial charge in [0.15, 0.2) is 0 Å². The molecular formula is C17H21NS. The lowest BCUT2D eigenvalue weighted by Gasteiger charge is -2.16. The van der Waals surface area contributed by atoms with Crippen molar-refractivity contribution in [2.75, 3.05) is 5.75 Å². The molecule has 0 saturated heterocycles. The molecule has 0 heterocycles. The third kappa shape index (κ3) is 3.40. The SMILES string of the molecule is Cc1ccccc1SCC(N)c1cccc(C)c1C. The fourth-order valence-corrected chi connectivity index (χ4v) is 3.17. The van der Waals surface area contributed by atoms with Crippen LogP contribution in [0.15, 0.2) is 47.4 Å². The molecule has 0 fully saturated rings. The Bertz CT molecular complexity index is 563. The van der Waals surface area contributed by atoms with Crippen LogP contribution in [0.1, 0.15) is 28.3 Å².